The Hall–Kier alpha value is -2.93. The molecule has 0 aromatic carbocycles. The minimum absolute atomic E-state index is 0.0266. The first-order valence-corrected chi connectivity index (χ1v) is 7.27. The average Bonchev–Trinajstić information content (AvgIpc) is 2.59. The normalized spacial score (nSPS) is 19.9. The van der Waals surface area contributed by atoms with Gasteiger partial charge in [0.1, 0.15) is 17.2 Å². The van der Waals surface area contributed by atoms with Crippen LogP contribution in [0.5, 0.6) is 0 Å². The smallest absolute Gasteiger partial charge is 0.261 e. The highest BCUT2D eigenvalue weighted by molar-refractivity contribution is 5.52. The standard InChI is InChI=1S/C17H11F3N4/c18-17(19,20)14-6-5-11(9-21)15(24-14)16(10-22)7-1-4-13-12(16)3-2-8-23-13/h2-3,5-6,8H,1,4,7H2. The zero-order valence-electron chi connectivity index (χ0n) is 12.4. The summed E-state index contributed by atoms with van der Waals surface area (Å²) in [5, 5.41) is 19.2. The number of aromatic nitrogens is 2. The van der Waals surface area contributed by atoms with Crippen LogP contribution in [0.15, 0.2) is 30.5 Å². The largest absolute Gasteiger partial charge is 0.433 e. The van der Waals surface area contributed by atoms with Gasteiger partial charge in [0, 0.05) is 11.9 Å². The molecule has 2 aromatic rings. The molecular weight excluding hydrogens is 317 g/mol. The summed E-state index contributed by atoms with van der Waals surface area (Å²) < 4.78 is 39.2. The molecule has 4 nitrogen and oxygen atoms in total. The Labute approximate surface area is 136 Å². The van der Waals surface area contributed by atoms with Crippen molar-refractivity contribution in [2.75, 3.05) is 0 Å². The van der Waals surface area contributed by atoms with Crippen molar-refractivity contribution >= 4 is 0 Å². The molecule has 0 amide bonds. The quantitative estimate of drug-likeness (QED) is 0.803. The predicted molar refractivity (Wildman–Crippen MR) is 77.5 cm³/mol. The topological polar surface area (TPSA) is 73.4 Å². The Kier molecular flexibility index (Phi) is 3.73. The van der Waals surface area contributed by atoms with E-state index in [-0.39, 0.29) is 11.3 Å². The van der Waals surface area contributed by atoms with E-state index in [0.717, 1.165) is 12.1 Å². The van der Waals surface area contributed by atoms with E-state index in [9.17, 15) is 23.7 Å². The molecule has 1 atom stereocenters. The van der Waals surface area contributed by atoms with Crippen LogP contribution in [0.3, 0.4) is 0 Å². The van der Waals surface area contributed by atoms with Crippen LogP contribution in [0, 0.1) is 22.7 Å². The second-order valence-electron chi connectivity index (χ2n) is 5.57. The molecule has 0 radical (unpaired) electrons. The van der Waals surface area contributed by atoms with Gasteiger partial charge < -0.3 is 0 Å². The monoisotopic (exact) mass is 328 g/mol. The summed E-state index contributed by atoms with van der Waals surface area (Å²) in [5.74, 6) is 0. The van der Waals surface area contributed by atoms with Crippen molar-refractivity contribution in [3.8, 4) is 12.1 Å². The van der Waals surface area contributed by atoms with Crippen LogP contribution >= 0.6 is 0 Å². The van der Waals surface area contributed by atoms with Gasteiger partial charge in [0.25, 0.3) is 0 Å². The average molecular weight is 328 g/mol. The van der Waals surface area contributed by atoms with Gasteiger partial charge in [-0.05, 0) is 43.0 Å². The maximum atomic E-state index is 13.1. The van der Waals surface area contributed by atoms with Gasteiger partial charge in [-0.15, -0.1) is 0 Å². The van der Waals surface area contributed by atoms with Crippen LogP contribution in [-0.4, -0.2) is 9.97 Å². The summed E-state index contributed by atoms with van der Waals surface area (Å²) in [7, 11) is 0. The van der Waals surface area contributed by atoms with Crippen molar-refractivity contribution in [3.05, 3.63) is 58.7 Å². The van der Waals surface area contributed by atoms with Gasteiger partial charge in [0.05, 0.1) is 17.3 Å². The molecule has 2 heterocycles. The van der Waals surface area contributed by atoms with Gasteiger partial charge in [-0.2, -0.15) is 23.7 Å². The minimum Gasteiger partial charge on any atom is -0.261 e. The van der Waals surface area contributed by atoms with E-state index in [2.05, 4.69) is 16.0 Å². The van der Waals surface area contributed by atoms with E-state index in [1.165, 1.54) is 0 Å². The number of rotatable bonds is 1. The molecule has 0 spiro atoms. The summed E-state index contributed by atoms with van der Waals surface area (Å²) in [4.78, 5) is 7.91. The van der Waals surface area contributed by atoms with E-state index in [4.69, 9.17) is 0 Å². The maximum absolute atomic E-state index is 13.1. The molecule has 1 aliphatic carbocycles. The van der Waals surface area contributed by atoms with Gasteiger partial charge in [0.2, 0.25) is 0 Å². The Morgan fingerprint density at radius 1 is 1.17 bits per heavy atom. The molecule has 0 N–H and O–H groups in total. The van der Waals surface area contributed by atoms with Gasteiger partial charge in [-0.3, -0.25) is 4.98 Å². The van der Waals surface area contributed by atoms with Gasteiger partial charge >= 0.3 is 6.18 Å². The SMILES string of the molecule is N#Cc1ccc(C(F)(F)F)nc1C1(C#N)CCCc2ncccc21. The fourth-order valence-corrected chi connectivity index (χ4v) is 3.13. The highest BCUT2D eigenvalue weighted by atomic mass is 19.4. The molecule has 1 unspecified atom stereocenters. The van der Waals surface area contributed by atoms with E-state index in [0.29, 0.717) is 30.5 Å². The molecule has 1 aliphatic rings. The first kappa shape index (κ1) is 15.9. The highest BCUT2D eigenvalue weighted by Gasteiger charge is 2.44. The molecule has 0 bridgehead atoms. The minimum atomic E-state index is -4.65. The third-order valence-electron chi connectivity index (χ3n) is 4.22. The summed E-state index contributed by atoms with van der Waals surface area (Å²) in [6.45, 7) is 0. The molecule has 24 heavy (non-hydrogen) atoms. The maximum Gasteiger partial charge on any atom is 0.433 e. The van der Waals surface area contributed by atoms with Crippen molar-refractivity contribution in [3.63, 3.8) is 0 Å². The van der Waals surface area contributed by atoms with E-state index < -0.39 is 17.3 Å². The second-order valence-corrected chi connectivity index (χ2v) is 5.57. The van der Waals surface area contributed by atoms with Gasteiger partial charge in [-0.1, -0.05) is 6.07 Å². The number of pyridine rings is 2. The number of fused-ring (bicyclic) bond motifs is 1. The zero-order valence-corrected chi connectivity index (χ0v) is 12.4. The molecule has 120 valence electrons. The lowest BCUT2D eigenvalue weighted by molar-refractivity contribution is -0.141. The summed E-state index contributed by atoms with van der Waals surface area (Å²) in [6.07, 6.45) is -1.55. The second kappa shape index (κ2) is 5.61. The molecule has 0 aliphatic heterocycles. The Morgan fingerprint density at radius 3 is 2.62 bits per heavy atom. The first-order valence-electron chi connectivity index (χ1n) is 7.27. The Morgan fingerprint density at radius 2 is 1.96 bits per heavy atom. The van der Waals surface area contributed by atoms with E-state index >= 15 is 0 Å². The van der Waals surface area contributed by atoms with Crippen LogP contribution < -0.4 is 0 Å². The first-order chi connectivity index (χ1) is 11.4. The van der Waals surface area contributed by atoms with Crippen molar-refractivity contribution in [1.82, 2.24) is 9.97 Å². The Bertz CT molecular complexity index is 877. The number of hydrogen-bond acceptors (Lipinski definition) is 4. The molecule has 7 heteroatoms. The van der Waals surface area contributed by atoms with Crippen LogP contribution in [-0.2, 0) is 18.0 Å². The number of alkyl halides is 3. The van der Waals surface area contributed by atoms with E-state index in [1.807, 2.05) is 6.07 Å². The molecule has 0 fully saturated rings. The molecular formula is C17H11F3N4. The van der Waals surface area contributed by atoms with Gasteiger partial charge in [0.15, 0.2) is 0 Å². The number of nitrogens with zero attached hydrogens (tertiary/aromatic N) is 4. The highest BCUT2D eigenvalue weighted by Crippen LogP contribution is 2.43. The van der Waals surface area contributed by atoms with Crippen molar-refractivity contribution in [1.29, 1.82) is 10.5 Å². The third kappa shape index (κ3) is 2.39. The van der Waals surface area contributed by atoms with Crippen LogP contribution in [0.1, 0.15) is 41.1 Å². The summed E-state index contributed by atoms with van der Waals surface area (Å²) >= 11 is 0. The van der Waals surface area contributed by atoms with Crippen LogP contribution in [0.25, 0.3) is 0 Å². The third-order valence-corrected chi connectivity index (χ3v) is 4.22. The van der Waals surface area contributed by atoms with E-state index in [1.54, 1.807) is 18.3 Å². The van der Waals surface area contributed by atoms with Crippen molar-refractivity contribution in [2.45, 2.75) is 30.9 Å². The van der Waals surface area contributed by atoms with Crippen molar-refractivity contribution in [2.24, 2.45) is 0 Å². The summed E-state index contributed by atoms with van der Waals surface area (Å²) in [5.41, 5.74) is -1.48. The fourth-order valence-electron chi connectivity index (χ4n) is 3.13. The van der Waals surface area contributed by atoms with Crippen molar-refractivity contribution < 1.29 is 13.2 Å². The lowest BCUT2D eigenvalue weighted by Gasteiger charge is -2.32. The van der Waals surface area contributed by atoms with Crippen LogP contribution in [0.2, 0.25) is 0 Å². The number of halogens is 3. The van der Waals surface area contributed by atoms with Gasteiger partial charge in [-0.25, -0.2) is 4.98 Å². The lowest BCUT2D eigenvalue weighted by atomic mass is 9.69. The van der Waals surface area contributed by atoms with Crippen LogP contribution in [0.4, 0.5) is 13.2 Å². The Balaban J connectivity index is 2.31. The zero-order chi connectivity index (χ0) is 17.4. The molecule has 0 saturated heterocycles. The number of aryl methyl sites for hydroxylation is 1. The molecule has 0 saturated carbocycles. The number of hydrogen-bond donors (Lipinski definition) is 0. The lowest BCUT2D eigenvalue weighted by Crippen LogP contribution is -2.34. The fraction of sp³-hybridized carbons (Fsp3) is 0.294. The molecule has 3 rings (SSSR count). The summed E-state index contributed by atoms with van der Waals surface area (Å²) in [6, 6.07) is 9.13. The molecule has 2 aromatic heterocycles. The number of nitriles is 2. The predicted octanol–water partition coefficient (Wildman–Crippen LogP) is 3.51.